The van der Waals surface area contributed by atoms with Gasteiger partial charge in [-0.25, -0.2) is 9.78 Å². The SMILES string of the molecule is CCOC(=O)CC1(NC(=O)Nc2ccc3nc(NC(=O)CC)sc3c2)CCCCC1. The zero-order valence-corrected chi connectivity index (χ0v) is 18.2. The molecule has 0 spiro atoms. The summed E-state index contributed by atoms with van der Waals surface area (Å²) >= 11 is 1.36. The van der Waals surface area contributed by atoms with Crippen molar-refractivity contribution >= 4 is 50.3 Å². The predicted molar refractivity (Wildman–Crippen MR) is 118 cm³/mol. The van der Waals surface area contributed by atoms with Crippen LogP contribution in [0.2, 0.25) is 0 Å². The van der Waals surface area contributed by atoms with Crippen LogP contribution in [0.25, 0.3) is 10.2 Å². The van der Waals surface area contributed by atoms with E-state index in [0.29, 0.717) is 23.8 Å². The van der Waals surface area contributed by atoms with Gasteiger partial charge in [0.1, 0.15) is 0 Å². The topological polar surface area (TPSA) is 109 Å². The standard InChI is InChI=1S/C21H28N4O4S/c1-3-17(26)24-20-23-15-9-8-14(12-16(15)30-20)22-19(28)25-21(10-6-5-7-11-21)13-18(27)29-4-2/h8-9,12H,3-7,10-11,13H2,1-2H3,(H2,22,25,28)(H,23,24,26). The van der Waals surface area contributed by atoms with Gasteiger partial charge in [0.05, 0.1) is 28.8 Å². The van der Waals surface area contributed by atoms with E-state index in [2.05, 4.69) is 20.9 Å². The summed E-state index contributed by atoms with van der Waals surface area (Å²) in [5, 5.41) is 9.19. The third-order valence-electron chi connectivity index (χ3n) is 5.19. The number of carbonyl (C=O) groups excluding carboxylic acids is 3. The molecule has 3 amide bonds. The van der Waals surface area contributed by atoms with Crippen LogP contribution in [-0.4, -0.2) is 35.0 Å². The Morgan fingerprint density at radius 1 is 1.13 bits per heavy atom. The fourth-order valence-electron chi connectivity index (χ4n) is 3.73. The van der Waals surface area contributed by atoms with Crippen molar-refractivity contribution < 1.29 is 19.1 Å². The summed E-state index contributed by atoms with van der Waals surface area (Å²) in [6, 6.07) is 5.06. The van der Waals surface area contributed by atoms with Crippen molar-refractivity contribution in [2.24, 2.45) is 0 Å². The molecule has 0 radical (unpaired) electrons. The fourth-order valence-corrected chi connectivity index (χ4v) is 4.65. The highest BCUT2D eigenvalue weighted by Crippen LogP contribution is 2.32. The molecule has 30 heavy (non-hydrogen) atoms. The second-order valence-electron chi connectivity index (χ2n) is 7.51. The van der Waals surface area contributed by atoms with E-state index in [1.165, 1.54) is 11.3 Å². The summed E-state index contributed by atoms with van der Waals surface area (Å²) in [5.41, 5.74) is 0.809. The highest BCUT2D eigenvalue weighted by Gasteiger charge is 2.36. The van der Waals surface area contributed by atoms with Gasteiger partial charge in [-0.05, 0) is 38.0 Å². The molecule has 3 rings (SSSR count). The van der Waals surface area contributed by atoms with Crippen molar-refractivity contribution in [1.82, 2.24) is 10.3 Å². The molecule has 1 fully saturated rings. The number of hydrogen-bond acceptors (Lipinski definition) is 6. The van der Waals surface area contributed by atoms with Crippen LogP contribution in [0.3, 0.4) is 0 Å². The van der Waals surface area contributed by atoms with Gasteiger partial charge in [-0.15, -0.1) is 0 Å². The molecule has 8 nitrogen and oxygen atoms in total. The summed E-state index contributed by atoms with van der Waals surface area (Å²) in [6.07, 6.45) is 5.13. The van der Waals surface area contributed by atoms with E-state index in [-0.39, 0.29) is 24.3 Å². The Hall–Kier alpha value is -2.68. The average molecular weight is 433 g/mol. The zero-order chi connectivity index (χ0) is 21.6. The van der Waals surface area contributed by atoms with Crippen LogP contribution in [0.4, 0.5) is 15.6 Å². The van der Waals surface area contributed by atoms with Gasteiger partial charge in [0, 0.05) is 12.1 Å². The molecule has 9 heteroatoms. The lowest BCUT2D eigenvalue weighted by atomic mass is 9.79. The monoisotopic (exact) mass is 432 g/mol. The lowest BCUT2D eigenvalue weighted by Gasteiger charge is -2.37. The molecule has 1 aliphatic rings. The number of urea groups is 1. The van der Waals surface area contributed by atoms with E-state index in [0.717, 1.165) is 42.3 Å². The maximum Gasteiger partial charge on any atom is 0.319 e. The highest BCUT2D eigenvalue weighted by atomic mass is 32.1. The van der Waals surface area contributed by atoms with E-state index in [1.807, 2.05) is 6.07 Å². The van der Waals surface area contributed by atoms with Crippen LogP contribution >= 0.6 is 11.3 Å². The van der Waals surface area contributed by atoms with Crippen molar-refractivity contribution in [2.45, 2.75) is 64.3 Å². The Kier molecular flexibility index (Phi) is 7.25. The molecule has 1 heterocycles. The molecule has 1 saturated carbocycles. The molecule has 2 aromatic rings. The molecular formula is C21H28N4O4S. The van der Waals surface area contributed by atoms with E-state index in [9.17, 15) is 14.4 Å². The smallest absolute Gasteiger partial charge is 0.319 e. The van der Waals surface area contributed by atoms with Crippen LogP contribution < -0.4 is 16.0 Å². The average Bonchev–Trinajstić information content (AvgIpc) is 3.09. The molecule has 0 unspecified atom stereocenters. The zero-order valence-electron chi connectivity index (χ0n) is 17.4. The second kappa shape index (κ2) is 9.88. The fraction of sp³-hybridized carbons (Fsp3) is 0.524. The number of esters is 1. The molecule has 0 bridgehead atoms. The maximum atomic E-state index is 12.7. The van der Waals surface area contributed by atoms with Crippen LogP contribution in [0.1, 0.15) is 58.8 Å². The quantitative estimate of drug-likeness (QED) is 0.561. The molecule has 162 valence electrons. The highest BCUT2D eigenvalue weighted by molar-refractivity contribution is 7.22. The summed E-state index contributed by atoms with van der Waals surface area (Å²) in [6.45, 7) is 3.89. The first-order valence-electron chi connectivity index (χ1n) is 10.4. The van der Waals surface area contributed by atoms with Crippen LogP contribution in [0, 0.1) is 0 Å². The number of carbonyl (C=O) groups is 3. The molecule has 1 aromatic carbocycles. The largest absolute Gasteiger partial charge is 0.466 e. The number of aromatic nitrogens is 1. The third-order valence-corrected chi connectivity index (χ3v) is 6.12. The van der Waals surface area contributed by atoms with Crippen LogP contribution in [0.5, 0.6) is 0 Å². The summed E-state index contributed by atoms with van der Waals surface area (Å²) < 4.78 is 5.97. The number of benzene rings is 1. The number of nitrogens with zero attached hydrogens (tertiary/aromatic N) is 1. The van der Waals surface area contributed by atoms with Gasteiger partial charge in [-0.2, -0.15) is 0 Å². The van der Waals surface area contributed by atoms with Crippen LogP contribution in [0.15, 0.2) is 18.2 Å². The third kappa shape index (κ3) is 5.69. The van der Waals surface area contributed by atoms with Crippen molar-refractivity contribution in [3.63, 3.8) is 0 Å². The number of amides is 3. The summed E-state index contributed by atoms with van der Waals surface area (Å²) in [5.74, 6) is -0.376. The van der Waals surface area contributed by atoms with Gasteiger partial charge in [0.25, 0.3) is 0 Å². The van der Waals surface area contributed by atoms with Gasteiger partial charge in [-0.3, -0.25) is 9.59 Å². The second-order valence-corrected chi connectivity index (χ2v) is 8.54. The van der Waals surface area contributed by atoms with Gasteiger partial charge in [0.15, 0.2) is 5.13 Å². The van der Waals surface area contributed by atoms with Gasteiger partial charge >= 0.3 is 12.0 Å². The van der Waals surface area contributed by atoms with Crippen molar-refractivity contribution in [3.05, 3.63) is 18.2 Å². The Morgan fingerprint density at radius 2 is 1.90 bits per heavy atom. The molecule has 3 N–H and O–H groups in total. The van der Waals surface area contributed by atoms with Gasteiger partial charge in [-0.1, -0.05) is 37.5 Å². The first-order chi connectivity index (χ1) is 14.4. The lowest BCUT2D eigenvalue weighted by molar-refractivity contribution is -0.145. The van der Waals surface area contributed by atoms with E-state index < -0.39 is 5.54 Å². The first kappa shape index (κ1) is 22.0. The Morgan fingerprint density at radius 3 is 2.60 bits per heavy atom. The minimum Gasteiger partial charge on any atom is -0.466 e. The number of nitrogens with one attached hydrogen (secondary N) is 3. The number of thiazole rings is 1. The number of anilines is 2. The number of rotatable bonds is 7. The predicted octanol–water partition coefficient (Wildman–Crippen LogP) is 4.42. The van der Waals surface area contributed by atoms with Gasteiger partial charge < -0.3 is 20.7 Å². The number of fused-ring (bicyclic) bond motifs is 1. The van der Waals surface area contributed by atoms with E-state index >= 15 is 0 Å². The first-order valence-corrected chi connectivity index (χ1v) is 11.2. The van der Waals surface area contributed by atoms with Crippen molar-refractivity contribution in [2.75, 3.05) is 17.2 Å². The van der Waals surface area contributed by atoms with Crippen molar-refractivity contribution in [3.8, 4) is 0 Å². The Bertz CT molecular complexity index is 921. The molecule has 0 atom stereocenters. The Labute approximate surface area is 179 Å². The van der Waals surface area contributed by atoms with E-state index in [1.54, 1.807) is 26.0 Å². The molecule has 1 aliphatic carbocycles. The number of ether oxygens (including phenoxy) is 1. The minimum absolute atomic E-state index is 0.0915. The molecule has 1 aromatic heterocycles. The molecule has 0 aliphatic heterocycles. The summed E-state index contributed by atoms with van der Waals surface area (Å²) in [4.78, 5) is 40.7. The van der Waals surface area contributed by atoms with Crippen LogP contribution in [-0.2, 0) is 14.3 Å². The summed E-state index contributed by atoms with van der Waals surface area (Å²) in [7, 11) is 0. The minimum atomic E-state index is -0.569. The van der Waals surface area contributed by atoms with Gasteiger partial charge in [0.2, 0.25) is 5.91 Å². The molecular weight excluding hydrogens is 404 g/mol. The maximum absolute atomic E-state index is 12.7. The van der Waals surface area contributed by atoms with Crippen molar-refractivity contribution in [1.29, 1.82) is 0 Å². The lowest BCUT2D eigenvalue weighted by Crippen LogP contribution is -2.52. The normalized spacial score (nSPS) is 15.4. The van der Waals surface area contributed by atoms with E-state index in [4.69, 9.17) is 4.74 Å². The molecule has 0 saturated heterocycles. The number of hydrogen-bond donors (Lipinski definition) is 3. The Balaban J connectivity index is 1.68.